The predicted octanol–water partition coefficient (Wildman–Crippen LogP) is 1.01. The van der Waals surface area contributed by atoms with Gasteiger partial charge in [-0.2, -0.15) is 0 Å². The van der Waals surface area contributed by atoms with E-state index in [1.807, 2.05) is 0 Å². The average Bonchev–Trinajstić information content (AvgIpc) is 3.02. The molecule has 2 N–H and O–H groups in total. The Morgan fingerprint density at radius 3 is 2.19 bits per heavy atom. The molecule has 4 nitrogen and oxygen atoms in total. The lowest BCUT2D eigenvalue weighted by molar-refractivity contribution is -0.143. The summed E-state index contributed by atoms with van der Waals surface area (Å²) in [5, 5.41) is 11.2. The Bertz CT molecular complexity index is 365. The number of halogens is 2. The third-order valence-electron chi connectivity index (χ3n) is 3.65. The molecule has 1 atom stereocenters. The molecule has 0 radical (unpaired) electrons. The van der Waals surface area contributed by atoms with E-state index in [4.69, 9.17) is 5.11 Å². The van der Waals surface area contributed by atoms with E-state index in [9.17, 15) is 18.4 Å². The zero-order chi connectivity index (χ0) is 12.2. The molecular weight excluding hydrogens is 220 g/mol. The van der Waals surface area contributed by atoms with Crippen LogP contribution in [0, 0.1) is 10.8 Å². The number of hydrogen-bond donors (Lipinski definition) is 2. The summed E-state index contributed by atoms with van der Waals surface area (Å²) in [5.41, 5.74) is -2.54. The van der Waals surface area contributed by atoms with Crippen LogP contribution in [0.1, 0.15) is 26.2 Å². The van der Waals surface area contributed by atoms with Crippen LogP contribution in [0.3, 0.4) is 0 Å². The Labute approximate surface area is 91.0 Å². The minimum absolute atomic E-state index is 0.0488. The van der Waals surface area contributed by atoms with Gasteiger partial charge in [-0.1, -0.05) is 0 Å². The fourth-order valence-electron chi connectivity index (χ4n) is 1.71. The zero-order valence-corrected chi connectivity index (χ0v) is 8.85. The number of rotatable bonds is 4. The number of carboxylic acids is 1. The van der Waals surface area contributed by atoms with E-state index in [1.165, 1.54) is 6.92 Å². The fraction of sp³-hybridized carbons (Fsp3) is 0.800. The summed E-state index contributed by atoms with van der Waals surface area (Å²) in [4.78, 5) is 22.2. The molecule has 0 saturated heterocycles. The summed E-state index contributed by atoms with van der Waals surface area (Å²) in [7, 11) is 0. The van der Waals surface area contributed by atoms with Crippen molar-refractivity contribution in [1.29, 1.82) is 0 Å². The highest BCUT2D eigenvalue weighted by Crippen LogP contribution is 2.60. The Hall–Kier alpha value is -1.20. The lowest BCUT2D eigenvalue weighted by atomic mass is 10.1. The average molecular weight is 233 g/mol. The maximum Gasteiger partial charge on any atom is 0.311 e. The van der Waals surface area contributed by atoms with Gasteiger partial charge in [0.15, 0.2) is 0 Å². The first-order valence-electron chi connectivity index (χ1n) is 5.13. The van der Waals surface area contributed by atoms with Crippen LogP contribution in [0.5, 0.6) is 0 Å². The topological polar surface area (TPSA) is 66.4 Å². The number of carbonyl (C=O) groups excluding carboxylic acids is 1. The molecule has 0 aromatic rings. The van der Waals surface area contributed by atoms with E-state index >= 15 is 0 Å². The highest BCUT2D eigenvalue weighted by Gasteiger charge is 2.72. The summed E-state index contributed by atoms with van der Waals surface area (Å²) in [6, 6.07) is 0. The van der Waals surface area contributed by atoms with Crippen LogP contribution in [-0.4, -0.2) is 29.5 Å². The van der Waals surface area contributed by atoms with Crippen LogP contribution in [0.2, 0.25) is 0 Å². The molecular formula is C10H13F2NO3. The third-order valence-corrected chi connectivity index (χ3v) is 3.65. The van der Waals surface area contributed by atoms with Gasteiger partial charge in [0.2, 0.25) is 5.91 Å². The molecule has 2 saturated carbocycles. The molecule has 0 heterocycles. The summed E-state index contributed by atoms with van der Waals surface area (Å²) in [5.74, 6) is -4.66. The number of carboxylic acid groups (broad SMARTS) is 1. The van der Waals surface area contributed by atoms with Crippen molar-refractivity contribution >= 4 is 11.9 Å². The first-order chi connectivity index (χ1) is 7.24. The van der Waals surface area contributed by atoms with E-state index in [0.717, 1.165) is 0 Å². The molecule has 90 valence electrons. The van der Waals surface area contributed by atoms with Gasteiger partial charge < -0.3 is 10.4 Å². The quantitative estimate of drug-likeness (QED) is 0.761. The monoisotopic (exact) mass is 233 g/mol. The Balaban J connectivity index is 1.89. The highest BCUT2D eigenvalue weighted by atomic mass is 19.3. The van der Waals surface area contributed by atoms with Gasteiger partial charge in [-0.3, -0.25) is 9.59 Å². The van der Waals surface area contributed by atoms with Crippen LogP contribution in [-0.2, 0) is 9.59 Å². The van der Waals surface area contributed by atoms with Crippen LogP contribution in [0.4, 0.5) is 8.78 Å². The van der Waals surface area contributed by atoms with Crippen molar-refractivity contribution in [2.75, 3.05) is 6.54 Å². The van der Waals surface area contributed by atoms with Crippen LogP contribution in [0.25, 0.3) is 0 Å². The molecule has 1 unspecified atom stereocenters. The second-order valence-corrected chi connectivity index (χ2v) is 4.98. The van der Waals surface area contributed by atoms with Crippen molar-refractivity contribution in [3.8, 4) is 0 Å². The molecule has 0 aromatic heterocycles. The van der Waals surface area contributed by atoms with Gasteiger partial charge in [0.05, 0.1) is 5.41 Å². The van der Waals surface area contributed by atoms with Gasteiger partial charge in [-0.05, 0) is 19.8 Å². The van der Waals surface area contributed by atoms with Crippen molar-refractivity contribution in [3.05, 3.63) is 0 Å². The number of nitrogens with one attached hydrogen (secondary N) is 1. The van der Waals surface area contributed by atoms with E-state index in [-0.39, 0.29) is 6.54 Å². The molecule has 1 amide bonds. The number of carbonyl (C=O) groups is 2. The zero-order valence-electron chi connectivity index (χ0n) is 8.85. The second-order valence-electron chi connectivity index (χ2n) is 4.98. The summed E-state index contributed by atoms with van der Waals surface area (Å²) in [6.45, 7) is 1.15. The highest BCUT2D eigenvalue weighted by molar-refractivity contribution is 5.88. The summed E-state index contributed by atoms with van der Waals surface area (Å²) in [6.07, 6.45) is 0.539. The molecule has 2 rings (SSSR count). The predicted molar refractivity (Wildman–Crippen MR) is 50.0 cm³/mol. The van der Waals surface area contributed by atoms with Crippen LogP contribution < -0.4 is 5.32 Å². The number of alkyl halides is 2. The van der Waals surface area contributed by atoms with Gasteiger partial charge in [0.25, 0.3) is 5.92 Å². The van der Waals surface area contributed by atoms with Crippen LogP contribution >= 0.6 is 0 Å². The molecule has 0 spiro atoms. The summed E-state index contributed by atoms with van der Waals surface area (Å²) < 4.78 is 25.7. The Kier molecular flexibility index (Phi) is 2.06. The first kappa shape index (κ1) is 11.3. The number of aliphatic carboxylic acids is 1. The lowest BCUT2D eigenvalue weighted by Crippen LogP contribution is -2.39. The van der Waals surface area contributed by atoms with E-state index in [2.05, 4.69) is 5.32 Å². The standard InChI is InChI=1S/C10H13F2NO3/c1-8(4-10(8,11)12)6(14)13-5-9(2-3-9)7(15)16/h2-5H2,1H3,(H,13,14)(H,15,16). The van der Waals surface area contributed by atoms with Gasteiger partial charge in [-0.15, -0.1) is 0 Å². The van der Waals surface area contributed by atoms with Crippen LogP contribution in [0.15, 0.2) is 0 Å². The Morgan fingerprint density at radius 1 is 1.38 bits per heavy atom. The van der Waals surface area contributed by atoms with Gasteiger partial charge >= 0.3 is 5.97 Å². The fourth-order valence-corrected chi connectivity index (χ4v) is 1.71. The maximum atomic E-state index is 12.8. The smallest absolute Gasteiger partial charge is 0.311 e. The largest absolute Gasteiger partial charge is 0.481 e. The molecule has 0 aliphatic heterocycles. The van der Waals surface area contributed by atoms with Gasteiger partial charge in [0, 0.05) is 13.0 Å². The normalized spacial score (nSPS) is 32.9. The number of amides is 1. The lowest BCUT2D eigenvalue weighted by Gasteiger charge is -2.14. The molecule has 2 aliphatic carbocycles. The van der Waals surface area contributed by atoms with Crippen molar-refractivity contribution in [1.82, 2.24) is 5.32 Å². The van der Waals surface area contributed by atoms with E-state index < -0.39 is 35.0 Å². The summed E-state index contributed by atoms with van der Waals surface area (Å²) >= 11 is 0. The minimum atomic E-state index is -2.95. The maximum absolute atomic E-state index is 12.8. The van der Waals surface area contributed by atoms with E-state index in [0.29, 0.717) is 12.8 Å². The molecule has 16 heavy (non-hydrogen) atoms. The molecule has 2 fully saturated rings. The van der Waals surface area contributed by atoms with Crippen molar-refractivity contribution in [3.63, 3.8) is 0 Å². The van der Waals surface area contributed by atoms with Crippen molar-refractivity contribution in [2.45, 2.75) is 32.1 Å². The first-order valence-corrected chi connectivity index (χ1v) is 5.13. The molecule has 0 aromatic carbocycles. The minimum Gasteiger partial charge on any atom is -0.481 e. The molecule has 6 heteroatoms. The molecule has 2 aliphatic rings. The van der Waals surface area contributed by atoms with Crippen molar-refractivity contribution < 1.29 is 23.5 Å². The number of hydrogen-bond acceptors (Lipinski definition) is 2. The van der Waals surface area contributed by atoms with Gasteiger partial charge in [-0.25, -0.2) is 8.78 Å². The third kappa shape index (κ3) is 1.47. The second kappa shape index (κ2) is 2.93. The van der Waals surface area contributed by atoms with Crippen molar-refractivity contribution in [2.24, 2.45) is 10.8 Å². The Morgan fingerprint density at radius 2 is 1.88 bits per heavy atom. The molecule has 0 bridgehead atoms. The SMILES string of the molecule is CC1(C(=O)NCC2(C(=O)O)CC2)CC1(F)F. The van der Waals surface area contributed by atoms with Gasteiger partial charge in [0.1, 0.15) is 5.41 Å². The van der Waals surface area contributed by atoms with E-state index in [1.54, 1.807) is 0 Å².